The van der Waals surface area contributed by atoms with Crippen molar-refractivity contribution in [2.45, 2.75) is 6.92 Å². The molecule has 0 fully saturated rings. The summed E-state index contributed by atoms with van der Waals surface area (Å²) in [6.07, 6.45) is 2.96. The van der Waals surface area contributed by atoms with Crippen molar-refractivity contribution in [1.29, 1.82) is 0 Å². The van der Waals surface area contributed by atoms with Crippen molar-refractivity contribution < 1.29 is 14.3 Å². The third kappa shape index (κ3) is 5.50. The van der Waals surface area contributed by atoms with Gasteiger partial charge in [-0.05, 0) is 30.7 Å². The van der Waals surface area contributed by atoms with Gasteiger partial charge in [0, 0.05) is 11.1 Å². The molecule has 5 heteroatoms. The van der Waals surface area contributed by atoms with Crippen LogP contribution in [0, 0.1) is 0 Å². The van der Waals surface area contributed by atoms with Crippen LogP contribution in [0.4, 0.5) is 0 Å². The van der Waals surface area contributed by atoms with Gasteiger partial charge < -0.3 is 10.1 Å². The van der Waals surface area contributed by atoms with Crippen LogP contribution in [0.1, 0.15) is 12.5 Å². The number of rotatable bonds is 5. The lowest BCUT2D eigenvalue weighted by Gasteiger charge is -2.01. The number of nitrogens with one attached hydrogen (secondary N) is 1. The van der Waals surface area contributed by atoms with Crippen molar-refractivity contribution >= 4 is 29.6 Å². The first-order valence-corrected chi connectivity index (χ1v) is 5.86. The Bertz CT molecular complexity index is 457. The Labute approximate surface area is 111 Å². The van der Waals surface area contributed by atoms with Crippen molar-refractivity contribution in [3.05, 3.63) is 40.9 Å². The maximum absolute atomic E-state index is 11.4. The molecule has 0 aliphatic rings. The second-order valence-electron chi connectivity index (χ2n) is 3.41. The number of carbonyl (C=O) groups excluding carboxylic acids is 2. The first kappa shape index (κ1) is 14.3. The van der Waals surface area contributed by atoms with Gasteiger partial charge in [0.25, 0.3) is 0 Å². The van der Waals surface area contributed by atoms with E-state index < -0.39 is 5.97 Å². The van der Waals surface area contributed by atoms with Gasteiger partial charge in [-0.3, -0.25) is 9.59 Å². The van der Waals surface area contributed by atoms with E-state index in [9.17, 15) is 9.59 Å². The van der Waals surface area contributed by atoms with E-state index in [1.165, 1.54) is 6.08 Å². The number of carbonyl (C=O) groups is 2. The van der Waals surface area contributed by atoms with Crippen molar-refractivity contribution in [3.63, 3.8) is 0 Å². The van der Waals surface area contributed by atoms with Gasteiger partial charge in [0.2, 0.25) is 5.91 Å². The second kappa shape index (κ2) is 7.50. The zero-order valence-electron chi connectivity index (χ0n) is 9.98. The fourth-order valence-corrected chi connectivity index (χ4v) is 1.41. The molecule has 4 nitrogen and oxygen atoms in total. The molecule has 0 unspecified atom stereocenters. The van der Waals surface area contributed by atoms with Gasteiger partial charge in [-0.2, -0.15) is 0 Å². The van der Waals surface area contributed by atoms with Crippen molar-refractivity contribution in [2.24, 2.45) is 0 Å². The lowest BCUT2D eigenvalue weighted by Crippen LogP contribution is -2.29. The Balaban J connectivity index is 2.42. The van der Waals surface area contributed by atoms with Crippen LogP contribution in [-0.2, 0) is 14.3 Å². The molecule has 0 aliphatic heterocycles. The summed E-state index contributed by atoms with van der Waals surface area (Å²) in [5.74, 6) is -0.815. The summed E-state index contributed by atoms with van der Waals surface area (Å²) in [7, 11) is 0. The second-order valence-corrected chi connectivity index (χ2v) is 3.85. The van der Waals surface area contributed by atoms with Crippen molar-refractivity contribution in [1.82, 2.24) is 5.32 Å². The summed E-state index contributed by atoms with van der Waals surface area (Å²) in [4.78, 5) is 22.4. The molecular formula is C13H14ClNO3. The summed E-state index contributed by atoms with van der Waals surface area (Å²) < 4.78 is 4.68. The molecular weight excluding hydrogens is 254 g/mol. The average molecular weight is 268 g/mol. The highest BCUT2D eigenvalue weighted by atomic mass is 35.5. The molecule has 1 aromatic carbocycles. The van der Waals surface area contributed by atoms with Crippen LogP contribution in [-0.4, -0.2) is 25.0 Å². The molecule has 0 heterocycles. The lowest BCUT2D eigenvalue weighted by molar-refractivity contribution is -0.143. The summed E-state index contributed by atoms with van der Waals surface area (Å²) in [6, 6.07) is 7.09. The molecule has 0 atom stereocenters. The zero-order chi connectivity index (χ0) is 13.4. The molecule has 1 N–H and O–H groups in total. The van der Waals surface area contributed by atoms with Crippen molar-refractivity contribution in [2.75, 3.05) is 13.2 Å². The van der Waals surface area contributed by atoms with Crippen LogP contribution in [0.5, 0.6) is 0 Å². The van der Waals surface area contributed by atoms with Crippen LogP contribution in [0.25, 0.3) is 6.08 Å². The van der Waals surface area contributed by atoms with Crippen LogP contribution < -0.4 is 5.32 Å². The van der Waals surface area contributed by atoms with Gasteiger partial charge in [-0.25, -0.2) is 0 Å². The minimum Gasteiger partial charge on any atom is -0.465 e. The zero-order valence-corrected chi connectivity index (χ0v) is 10.7. The minimum absolute atomic E-state index is 0.132. The van der Waals surface area contributed by atoms with Crippen molar-refractivity contribution in [3.8, 4) is 0 Å². The quantitative estimate of drug-likeness (QED) is 0.656. The van der Waals surface area contributed by atoms with E-state index >= 15 is 0 Å². The fourth-order valence-electron chi connectivity index (χ4n) is 1.21. The van der Waals surface area contributed by atoms with Crippen LogP contribution in [0.15, 0.2) is 30.3 Å². The van der Waals surface area contributed by atoms with E-state index in [1.807, 2.05) is 6.07 Å². The summed E-state index contributed by atoms with van der Waals surface area (Å²) in [5.41, 5.74) is 0.814. The van der Waals surface area contributed by atoms with Gasteiger partial charge in [0.1, 0.15) is 6.54 Å². The number of hydrogen-bond donors (Lipinski definition) is 1. The highest BCUT2D eigenvalue weighted by molar-refractivity contribution is 6.30. The standard InChI is InChI=1S/C13H14ClNO3/c1-2-18-13(17)9-15-12(16)7-6-10-4-3-5-11(14)8-10/h3-8H,2,9H2,1H3,(H,15,16). The number of esters is 1. The Morgan fingerprint density at radius 2 is 2.22 bits per heavy atom. The summed E-state index contributed by atoms with van der Waals surface area (Å²) in [5, 5.41) is 3.02. The van der Waals surface area contributed by atoms with Gasteiger partial charge in [0.05, 0.1) is 6.61 Å². The number of amides is 1. The number of ether oxygens (including phenoxy) is 1. The van der Waals surface area contributed by atoms with Crippen LogP contribution >= 0.6 is 11.6 Å². The smallest absolute Gasteiger partial charge is 0.325 e. The Morgan fingerprint density at radius 1 is 1.44 bits per heavy atom. The van der Waals surface area contributed by atoms with Crippen LogP contribution in [0.3, 0.4) is 0 Å². The maximum Gasteiger partial charge on any atom is 0.325 e. The third-order valence-electron chi connectivity index (χ3n) is 1.99. The molecule has 0 saturated carbocycles. The van der Waals surface area contributed by atoms with E-state index in [2.05, 4.69) is 10.1 Å². The predicted molar refractivity (Wildman–Crippen MR) is 70.1 cm³/mol. The number of halogens is 1. The largest absolute Gasteiger partial charge is 0.465 e. The molecule has 1 aromatic rings. The normalized spacial score (nSPS) is 10.3. The van der Waals surface area contributed by atoms with Gasteiger partial charge >= 0.3 is 5.97 Å². The highest BCUT2D eigenvalue weighted by Gasteiger charge is 2.02. The van der Waals surface area contributed by atoms with E-state index in [4.69, 9.17) is 11.6 Å². The maximum atomic E-state index is 11.4. The monoisotopic (exact) mass is 267 g/mol. The molecule has 1 rings (SSSR count). The SMILES string of the molecule is CCOC(=O)CNC(=O)C=Cc1cccc(Cl)c1. The van der Waals surface area contributed by atoms with Gasteiger partial charge in [-0.15, -0.1) is 0 Å². The first-order chi connectivity index (χ1) is 8.61. The summed E-state index contributed by atoms with van der Waals surface area (Å²) in [6.45, 7) is 1.87. The fraction of sp³-hybridized carbons (Fsp3) is 0.231. The Morgan fingerprint density at radius 3 is 2.89 bits per heavy atom. The Hall–Kier alpha value is -1.81. The van der Waals surface area contributed by atoms with E-state index in [0.29, 0.717) is 11.6 Å². The molecule has 0 radical (unpaired) electrons. The molecule has 0 spiro atoms. The molecule has 96 valence electrons. The van der Waals surface area contributed by atoms with E-state index in [1.54, 1.807) is 31.2 Å². The number of hydrogen-bond acceptors (Lipinski definition) is 3. The van der Waals surface area contributed by atoms with Gasteiger partial charge in [-0.1, -0.05) is 23.7 Å². The number of benzene rings is 1. The van der Waals surface area contributed by atoms with Crippen LogP contribution in [0.2, 0.25) is 5.02 Å². The van der Waals surface area contributed by atoms with E-state index in [0.717, 1.165) is 5.56 Å². The molecule has 0 aliphatic carbocycles. The first-order valence-electron chi connectivity index (χ1n) is 5.49. The van der Waals surface area contributed by atoms with E-state index in [-0.39, 0.29) is 12.5 Å². The molecule has 0 saturated heterocycles. The van der Waals surface area contributed by atoms with Gasteiger partial charge in [0.15, 0.2) is 0 Å². The highest BCUT2D eigenvalue weighted by Crippen LogP contribution is 2.11. The molecule has 0 bridgehead atoms. The molecule has 18 heavy (non-hydrogen) atoms. The predicted octanol–water partition coefficient (Wildman–Crippen LogP) is 2.03. The minimum atomic E-state index is -0.456. The topological polar surface area (TPSA) is 55.4 Å². The lowest BCUT2D eigenvalue weighted by atomic mass is 10.2. The summed E-state index contributed by atoms with van der Waals surface area (Å²) >= 11 is 5.80. The average Bonchev–Trinajstić information content (AvgIpc) is 2.34. The third-order valence-corrected chi connectivity index (χ3v) is 2.22. The molecule has 1 amide bonds. The molecule has 0 aromatic heterocycles. The Kier molecular flexibility index (Phi) is 5.94.